The molecule has 1 aromatic carbocycles. The molecule has 170 valence electrons. The Bertz CT molecular complexity index is 717. The van der Waals surface area contributed by atoms with Crippen LogP contribution in [0.1, 0.15) is 33.1 Å². The van der Waals surface area contributed by atoms with Crippen LogP contribution in [-0.4, -0.2) is 93.8 Å². The van der Waals surface area contributed by atoms with Crippen LogP contribution in [0.4, 0.5) is 4.79 Å². The summed E-state index contributed by atoms with van der Waals surface area (Å²) < 4.78 is 25.3. The first-order valence-corrected chi connectivity index (χ1v) is 12.9. The van der Waals surface area contributed by atoms with E-state index in [9.17, 15) is 13.2 Å². The van der Waals surface area contributed by atoms with Crippen molar-refractivity contribution in [2.45, 2.75) is 38.0 Å². The summed E-state index contributed by atoms with van der Waals surface area (Å²) in [5.41, 5.74) is 0. The number of nitrogens with one attached hydrogen (secondary N) is 1. The van der Waals surface area contributed by atoms with Crippen LogP contribution >= 0.6 is 0 Å². The maximum absolute atomic E-state index is 12.8. The van der Waals surface area contributed by atoms with Gasteiger partial charge in [-0.15, -0.1) is 0 Å². The number of amides is 2. The number of carbonyl (C=O) groups excluding carboxylic acids is 1. The minimum atomic E-state index is -3.42. The molecule has 0 bridgehead atoms. The van der Waals surface area contributed by atoms with E-state index in [4.69, 9.17) is 0 Å². The Kier molecular flexibility index (Phi) is 10.6. The van der Waals surface area contributed by atoms with Crippen molar-refractivity contribution in [3.63, 3.8) is 0 Å². The van der Waals surface area contributed by atoms with Gasteiger partial charge in [0.2, 0.25) is 0 Å². The number of rotatable bonds is 12. The van der Waals surface area contributed by atoms with E-state index >= 15 is 0 Å². The van der Waals surface area contributed by atoms with Crippen molar-refractivity contribution in [1.82, 2.24) is 20.0 Å². The Morgan fingerprint density at radius 3 is 2.30 bits per heavy atom. The van der Waals surface area contributed by atoms with Gasteiger partial charge in [-0.25, -0.2) is 13.2 Å². The van der Waals surface area contributed by atoms with Crippen LogP contribution in [0.25, 0.3) is 0 Å². The maximum Gasteiger partial charge on any atom is 0.317 e. The minimum Gasteiger partial charge on any atom is -0.337 e. The third-order valence-electron chi connectivity index (χ3n) is 5.75. The molecule has 2 amide bonds. The molecule has 1 saturated heterocycles. The molecule has 1 heterocycles. The highest BCUT2D eigenvalue weighted by atomic mass is 32.2. The van der Waals surface area contributed by atoms with E-state index in [0.29, 0.717) is 18.0 Å². The van der Waals surface area contributed by atoms with Gasteiger partial charge < -0.3 is 20.0 Å². The van der Waals surface area contributed by atoms with Crippen molar-refractivity contribution in [1.29, 1.82) is 0 Å². The summed E-state index contributed by atoms with van der Waals surface area (Å²) in [7, 11) is -3.42. The number of piperidine rings is 1. The molecular formula is C22H38N4O3S. The molecule has 0 spiro atoms. The van der Waals surface area contributed by atoms with E-state index in [2.05, 4.69) is 29.0 Å². The Morgan fingerprint density at radius 1 is 1.00 bits per heavy atom. The molecule has 1 aliphatic rings. The van der Waals surface area contributed by atoms with Crippen LogP contribution in [0.5, 0.6) is 0 Å². The van der Waals surface area contributed by atoms with Crippen molar-refractivity contribution in [3.05, 3.63) is 30.3 Å². The topological polar surface area (TPSA) is 73.0 Å². The molecule has 2 rings (SSSR count). The minimum absolute atomic E-state index is 0.0746. The molecule has 1 fully saturated rings. The summed E-state index contributed by atoms with van der Waals surface area (Å²) in [5, 5.41) is 3.00. The number of nitrogens with zero attached hydrogens (tertiary/aromatic N) is 3. The first kappa shape index (κ1) is 24.6. The average molecular weight is 439 g/mol. The van der Waals surface area contributed by atoms with Gasteiger partial charge in [-0.2, -0.15) is 0 Å². The lowest BCUT2D eigenvalue weighted by Gasteiger charge is -2.28. The normalized spacial score (nSPS) is 15.3. The second-order valence-corrected chi connectivity index (χ2v) is 9.89. The molecular weight excluding hydrogens is 400 g/mol. The Balaban J connectivity index is 1.92. The van der Waals surface area contributed by atoms with Crippen LogP contribution in [0.3, 0.4) is 0 Å². The lowest BCUT2D eigenvalue weighted by molar-refractivity contribution is 0.183. The summed E-state index contributed by atoms with van der Waals surface area (Å²) in [6.45, 7) is 11.1. The lowest BCUT2D eigenvalue weighted by atomic mass is 10.1. The number of likely N-dealkylation sites (tertiary alicyclic amines) is 1. The fourth-order valence-corrected chi connectivity index (χ4v) is 4.98. The zero-order chi connectivity index (χ0) is 21.8. The molecule has 1 aliphatic heterocycles. The largest absolute Gasteiger partial charge is 0.337 e. The summed E-state index contributed by atoms with van der Waals surface area (Å²) in [6, 6.07) is 8.27. The first-order valence-electron chi connectivity index (χ1n) is 11.2. The summed E-state index contributed by atoms with van der Waals surface area (Å²) in [4.78, 5) is 19.4. The van der Waals surface area contributed by atoms with Gasteiger partial charge in [-0.1, -0.05) is 38.5 Å². The molecule has 0 saturated carbocycles. The smallest absolute Gasteiger partial charge is 0.317 e. The third kappa shape index (κ3) is 8.24. The molecule has 1 N–H and O–H groups in total. The van der Waals surface area contributed by atoms with E-state index in [1.165, 1.54) is 19.3 Å². The molecule has 0 aliphatic carbocycles. The Morgan fingerprint density at radius 2 is 1.67 bits per heavy atom. The Hall–Kier alpha value is -1.64. The number of likely N-dealkylation sites (N-methyl/N-ethyl adjacent to an activating group) is 1. The van der Waals surface area contributed by atoms with Crippen LogP contribution < -0.4 is 5.32 Å². The fraction of sp³-hybridized carbons (Fsp3) is 0.682. The number of benzene rings is 1. The molecule has 8 heteroatoms. The van der Waals surface area contributed by atoms with Crippen LogP contribution in [0.2, 0.25) is 0 Å². The molecule has 30 heavy (non-hydrogen) atoms. The molecule has 0 atom stereocenters. The number of urea groups is 1. The van der Waals surface area contributed by atoms with Crippen LogP contribution in [0, 0.1) is 0 Å². The predicted molar refractivity (Wildman–Crippen MR) is 122 cm³/mol. The van der Waals surface area contributed by atoms with Crippen molar-refractivity contribution in [2.24, 2.45) is 0 Å². The van der Waals surface area contributed by atoms with Crippen molar-refractivity contribution >= 4 is 15.9 Å². The second-order valence-electron chi connectivity index (χ2n) is 7.78. The van der Waals surface area contributed by atoms with Crippen molar-refractivity contribution in [2.75, 3.05) is 64.7 Å². The predicted octanol–water partition coefficient (Wildman–Crippen LogP) is 2.30. The average Bonchev–Trinajstić information content (AvgIpc) is 2.77. The second kappa shape index (κ2) is 12.9. The van der Waals surface area contributed by atoms with Gasteiger partial charge in [0.05, 0.1) is 10.6 Å². The highest BCUT2D eigenvalue weighted by Crippen LogP contribution is 2.11. The van der Waals surface area contributed by atoms with Gasteiger partial charge in [0, 0.05) is 32.7 Å². The standard InChI is InChI=1S/C22H38N4O3S/c1-3-24(4-2)17-18-26(19-20-30(28,29)21-11-7-5-8-12-21)22(27)23-13-16-25-14-9-6-10-15-25/h5,7-8,11-12H,3-4,6,9-10,13-20H2,1-2H3,(H,23,27). The molecule has 0 radical (unpaired) electrons. The van der Waals surface area contributed by atoms with E-state index in [-0.39, 0.29) is 18.3 Å². The van der Waals surface area contributed by atoms with Crippen molar-refractivity contribution in [3.8, 4) is 0 Å². The van der Waals surface area contributed by atoms with Gasteiger partial charge in [0.25, 0.3) is 0 Å². The third-order valence-corrected chi connectivity index (χ3v) is 7.46. The van der Waals surface area contributed by atoms with E-state index < -0.39 is 9.84 Å². The van der Waals surface area contributed by atoms with Crippen LogP contribution in [-0.2, 0) is 9.84 Å². The lowest BCUT2D eigenvalue weighted by Crippen LogP contribution is -2.47. The first-order chi connectivity index (χ1) is 14.5. The van der Waals surface area contributed by atoms with E-state index in [1.54, 1.807) is 35.2 Å². The quantitative estimate of drug-likeness (QED) is 0.542. The van der Waals surface area contributed by atoms with Crippen LogP contribution in [0.15, 0.2) is 35.2 Å². The van der Waals surface area contributed by atoms with Gasteiger partial charge in [-0.05, 0) is 51.2 Å². The highest BCUT2D eigenvalue weighted by Gasteiger charge is 2.20. The molecule has 7 nitrogen and oxygen atoms in total. The monoisotopic (exact) mass is 438 g/mol. The van der Waals surface area contributed by atoms with Gasteiger partial charge in [-0.3, -0.25) is 0 Å². The van der Waals surface area contributed by atoms with Gasteiger partial charge in [0.1, 0.15) is 0 Å². The number of hydrogen-bond acceptors (Lipinski definition) is 5. The summed E-state index contributed by atoms with van der Waals surface area (Å²) in [5.74, 6) is -0.0746. The zero-order valence-corrected chi connectivity index (χ0v) is 19.4. The Labute approximate surface area is 182 Å². The number of sulfone groups is 1. The SMILES string of the molecule is CCN(CC)CCN(CCS(=O)(=O)c1ccccc1)C(=O)NCCN1CCCCC1. The fourth-order valence-electron chi connectivity index (χ4n) is 3.71. The van der Waals surface area contributed by atoms with E-state index in [1.807, 2.05) is 0 Å². The summed E-state index contributed by atoms with van der Waals surface area (Å²) >= 11 is 0. The number of carbonyl (C=O) groups is 1. The molecule has 0 aromatic heterocycles. The van der Waals surface area contributed by atoms with Crippen molar-refractivity contribution < 1.29 is 13.2 Å². The molecule has 0 unspecified atom stereocenters. The van der Waals surface area contributed by atoms with E-state index in [0.717, 1.165) is 39.3 Å². The molecule has 1 aromatic rings. The maximum atomic E-state index is 12.8. The number of hydrogen-bond donors (Lipinski definition) is 1. The zero-order valence-electron chi connectivity index (χ0n) is 18.6. The van der Waals surface area contributed by atoms with Gasteiger partial charge >= 0.3 is 6.03 Å². The summed E-state index contributed by atoms with van der Waals surface area (Å²) in [6.07, 6.45) is 3.74. The highest BCUT2D eigenvalue weighted by molar-refractivity contribution is 7.91. The van der Waals surface area contributed by atoms with Gasteiger partial charge in [0.15, 0.2) is 9.84 Å².